The van der Waals surface area contributed by atoms with Crippen LogP contribution in [0.15, 0.2) is 76.5 Å². The number of para-hydroxylation sites is 1. The molecule has 6 nitrogen and oxygen atoms in total. The Morgan fingerprint density at radius 1 is 0.912 bits per heavy atom. The van der Waals surface area contributed by atoms with Gasteiger partial charge in [0.05, 0.1) is 21.5 Å². The highest BCUT2D eigenvalue weighted by atomic mass is 35.5. The van der Waals surface area contributed by atoms with E-state index < -0.39 is 21.3 Å². The molecule has 0 unspecified atom stereocenters. The molecular formula is C23H14Cl3NO5S2. The van der Waals surface area contributed by atoms with Crippen molar-refractivity contribution < 1.29 is 22.2 Å². The molecule has 11 heteroatoms. The Balaban J connectivity index is 1.59. The second-order valence-corrected chi connectivity index (χ2v) is 10.8. The molecule has 1 fully saturated rings. The zero-order valence-corrected chi connectivity index (χ0v) is 21.0. The van der Waals surface area contributed by atoms with Crippen LogP contribution in [0.2, 0.25) is 15.1 Å². The maximum Gasteiger partial charge on any atom is 0.339 e. The SMILES string of the molecule is O=C1S/C(=C\c2ccccc2OS(=O)(=O)c2ccc(Cl)cc2)C(=O)N1Cc1ccc(Cl)c(Cl)c1. The lowest BCUT2D eigenvalue weighted by atomic mass is 10.2. The van der Waals surface area contributed by atoms with E-state index in [0.717, 1.165) is 16.7 Å². The van der Waals surface area contributed by atoms with Crippen molar-refractivity contribution in [2.24, 2.45) is 0 Å². The van der Waals surface area contributed by atoms with Gasteiger partial charge in [0, 0.05) is 10.6 Å². The number of carbonyl (C=O) groups is 2. The van der Waals surface area contributed by atoms with E-state index in [0.29, 0.717) is 26.2 Å². The number of hydrogen-bond donors (Lipinski definition) is 0. The second kappa shape index (κ2) is 10.0. The lowest BCUT2D eigenvalue weighted by Gasteiger charge is -2.13. The van der Waals surface area contributed by atoms with Crippen LogP contribution in [0, 0.1) is 0 Å². The monoisotopic (exact) mass is 553 g/mol. The molecule has 0 saturated carbocycles. The quantitative estimate of drug-likeness (QED) is 0.251. The van der Waals surface area contributed by atoms with E-state index in [1.54, 1.807) is 36.4 Å². The summed E-state index contributed by atoms with van der Waals surface area (Å²) in [5.41, 5.74) is 0.954. The van der Waals surface area contributed by atoms with E-state index in [1.807, 2.05) is 0 Å². The summed E-state index contributed by atoms with van der Waals surface area (Å²) < 4.78 is 30.7. The summed E-state index contributed by atoms with van der Waals surface area (Å²) in [6, 6.07) is 16.7. The van der Waals surface area contributed by atoms with Gasteiger partial charge in [-0.2, -0.15) is 8.42 Å². The number of halogens is 3. The smallest absolute Gasteiger partial charge is 0.339 e. The number of nitrogens with zero attached hydrogens (tertiary/aromatic N) is 1. The third-order valence-corrected chi connectivity index (χ3v) is 7.85. The molecule has 3 aromatic carbocycles. The Bertz CT molecular complexity index is 1420. The summed E-state index contributed by atoms with van der Waals surface area (Å²) in [5, 5.41) is 0.602. The molecule has 4 rings (SSSR count). The minimum absolute atomic E-state index is 0.00809. The van der Waals surface area contributed by atoms with Gasteiger partial charge in [0.1, 0.15) is 10.6 Å². The highest BCUT2D eigenvalue weighted by Gasteiger charge is 2.35. The van der Waals surface area contributed by atoms with Crippen LogP contribution in [-0.2, 0) is 21.5 Å². The fourth-order valence-corrected chi connectivity index (χ4v) is 5.27. The number of imide groups is 1. The number of rotatable bonds is 6. The van der Waals surface area contributed by atoms with Gasteiger partial charge in [-0.3, -0.25) is 14.5 Å². The summed E-state index contributed by atoms with van der Waals surface area (Å²) in [4.78, 5) is 26.5. The van der Waals surface area contributed by atoms with E-state index in [-0.39, 0.29) is 22.1 Å². The van der Waals surface area contributed by atoms with E-state index in [4.69, 9.17) is 39.0 Å². The van der Waals surface area contributed by atoms with Crippen LogP contribution in [0.5, 0.6) is 5.75 Å². The lowest BCUT2D eigenvalue weighted by molar-refractivity contribution is -0.123. The highest BCUT2D eigenvalue weighted by molar-refractivity contribution is 8.18. The maximum absolute atomic E-state index is 12.9. The molecule has 0 atom stereocenters. The van der Waals surface area contributed by atoms with Gasteiger partial charge in [-0.1, -0.05) is 59.1 Å². The van der Waals surface area contributed by atoms with Crippen LogP contribution in [0.1, 0.15) is 11.1 Å². The molecule has 2 amide bonds. The molecule has 1 heterocycles. The average Bonchev–Trinajstić information content (AvgIpc) is 3.05. The summed E-state index contributed by atoms with van der Waals surface area (Å²) in [5.74, 6) is -0.509. The van der Waals surface area contributed by atoms with Gasteiger partial charge in [-0.15, -0.1) is 0 Å². The number of carbonyl (C=O) groups excluding carboxylic acids is 2. The average molecular weight is 555 g/mol. The second-order valence-electron chi connectivity index (χ2n) is 7.05. The Kier molecular flexibility index (Phi) is 7.25. The largest absolute Gasteiger partial charge is 0.378 e. The molecule has 0 aromatic heterocycles. The molecule has 3 aromatic rings. The molecule has 0 aliphatic carbocycles. The van der Waals surface area contributed by atoms with E-state index in [2.05, 4.69) is 0 Å². The number of thioether (sulfide) groups is 1. The molecular weight excluding hydrogens is 541 g/mol. The van der Waals surface area contributed by atoms with Gasteiger partial charge in [0.25, 0.3) is 11.1 Å². The van der Waals surface area contributed by atoms with Crippen LogP contribution in [0.3, 0.4) is 0 Å². The molecule has 0 N–H and O–H groups in total. The van der Waals surface area contributed by atoms with Crippen LogP contribution < -0.4 is 4.18 Å². The van der Waals surface area contributed by atoms with Gasteiger partial charge < -0.3 is 4.18 Å². The van der Waals surface area contributed by atoms with Gasteiger partial charge in [-0.25, -0.2) is 0 Å². The first-order valence-corrected chi connectivity index (χ1v) is 13.0. The van der Waals surface area contributed by atoms with Crippen molar-refractivity contribution >= 4 is 73.9 Å². The number of benzene rings is 3. The van der Waals surface area contributed by atoms with Gasteiger partial charge in [-0.05, 0) is 65.9 Å². The number of amides is 2. The van der Waals surface area contributed by atoms with Crippen molar-refractivity contribution in [3.63, 3.8) is 0 Å². The minimum atomic E-state index is -4.15. The summed E-state index contributed by atoms with van der Waals surface area (Å²) >= 11 is 18.5. The zero-order chi connectivity index (χ0) is 24.5. The van der Waals surface area contributed by atoms with Crippen LogP contribution in [0.4, 0.5) is 4.79 Å². The third kappa shape index (κ3) is 5.42. The summed E-state index contributed by atoms with van der Waals surface area (Å²) in [6.07, 6.45) is 1.42. The first-order chi connectivity index (χ1) is 16.1. The molecule has 0 spiro atoms. The van der Waals surface area contributed by atoms with Crippen LogP contribution >= 0.6 is 46.6 Å². The number of hydrogen-bond acceptors (Lipinski definition) is 6. The summed E-state index contributed by atoms with van der Waals surface area (Å²) in [6.45, 7) is 0.0159. The molecule has 1 saturated heterocycles. The molecule has 174 valence electrons. The normalized spacial score (nSPS) is 15.3. The Morgan fingerprint density at radius 2 is 1.62 bits per heavy atom. The topological polar surface area (TPSA) is 80.8 Å². The van der Waals surface area contributed by atoms with Gasteiger partial charge in [0.2, 0.25) is 0 Å². The first-order valence-electron chi connectivity index (χ1n) is 9.62. The highest BCUT2D eigenvalue weighted by Crippen LogP contribution is 2.36. The van der Waals surface area contributed by atoms with Crippen molar-refractivity contribution in [2.45, 2.75) is 11.4 Å². The van der Waals surface area contributed by atoms with E-state index in [1.165, 1.54) is 36.4 Å². The van der Waals surface area contributed by atoms with Crippen molar-refractivity contribution in [1.82, 2.24) is 4.90 Å². The fraction of sp³-hybridized carbons (Fsp3) is 0.0435. The molecule has 1 aliphatic rings. The van der Waals surface area contributed by atoms with E-state index in [9.17, 15) is 18.0 Å². The molecule has 1 aliphatic heterocycles. The van der Waals surface area contributed by atoms with Gasteiger partial charge in [0.15, 0.2) is 0 Å². The van der Waals surface area contributed by atoms with Crippen LogP contribution in [0.25, 0.3) is 6.08 Å². The molecule has 34 heavy (non-hydrogen) atoms. The maximum atomic E-state index is 12.9. The zero-order valence-electron chi connectivity index (χ0n) is 17.1. The Labute approximate surface area is 215 Å². The predicted molar refractivity (Wildman–Crippen MR) is 134 cm³/mol. The van der Waals surface area contributed by atoms with Crippen molar-refractivity contribution in [3.8, 4) is 5.75 Å². The van der Waals surface area contributed by atoms with Crippen molar-refractivity contribution in [3.05, 3.63) is 97.8 Å². The molecule has 0 bridgehead atoms. The Morgan fingerprint density at radius 3 is 2.32 bits per heavy atom. The lowest BCUT2D eigenvalue weighted by Crippen LogP contribution is -2.27. The van der Waals surface area contributed by atoms with Gasteiger partial charge >= 0.3 is 10.1 Å². The standard InChI is InChI=1S/C23H14Cl3NO5S2/c24-16-6-8-17(9-7-16)34(30,31)32-20-4-2-1-3-15(20)12-21-22(28)27(23(29)33-21)13-14-5-10-18(25)19(26)11-14/h1-12H,13H2/b21-12-. The van der Waals surface area contributed by atoms with Crippen molar-refractivity contribution in [2.75, 3.05) is 0 Å². The molecule has 0 radical (unpaired) electrons. The fourth-order valence-electron chi connectivity index (χ4n) is 3.04. The Hall–Kier alpha value is -2.49. The minimum Gasteiger partial charge on any atom is -0.378 e. The predicted octanol–water partition coefficient (Wildman–Crippen LogP) is 6.65. The van der Waals surface area contributed by atoms with Crippen molar-refractivity contribution in [1.29, 1.82) is 0 Å². The third-order valence-electron chi connectivity index (χ3n) is 4.71. The first kappa shape index (κ1) is 24.6. The summed E-state index contributed by atoms with van der Waals surface area (Å²) in [7, 11) is -4.15. The van der Waals surface area contributed by atoms with E-state index >= 15 is 0 Å². The van der Waals surface area contributed by atoms with Crippen LogP contribution in [-0.4, -0.2) is 24.5 Å².